The Bertz CT molecular complexity index is 625. The first kappa shape index (κ1) is 12.3. The van der Waals surface area contributed by atoms with Crippen molar-refractivity contribution in [2.45, 2.75) is 19.9 Å². The Morgan fingerprint density at radius 1 is 1.39 bits per heavy atom. The molecular weight excluding hydrogens is 230 g/mol. The topological polar surface area (TPSA) is 56.9 Å². The van der Waals surface area contributed by atoms with Crippen molar-refractivity contribution in [2.75, 3.05) is 0 Å². The van der Waals surface area contributed by atoms with Crippen LogP contribution in [0.1, 0.15) is 29.5 Å². The summed E-state index contributed by atoms with van der Waals surface area (Å²) in [5, 5.41) is 0. The number of rotatable bonds is 4. The lowest BCUT2D eigenvalue weighted by molar-refractivity contribution is 0.102. The fourth-order valence-corrected chi connectivity index (χ4v) is 1.76. The molecule has 2 aromatic heterocycles. The fraction of sp³-hybridized carbons (Fsp3) is 0.308. The summed E-state index contributed by atoms with van der Waals surface area (Å²) in [4.78, 5) is 27.8. The summed E-state index contributed by atoms with van der Waals surface area (Å²) in [6.45, 7) is 2.78. The third kappa shape index (κ3) is 2.25. The Labute approximate surface area is 105 Å². The summed E-state index contributed by atoms with van der Waals surface area (Å²) in [6, 6.07) is 2.97. The highest BCUT2D eigenvalue weighted by Crippen LogP contribution is 2.07. The van der Waals surface area contributed by atoms with Crippen molar-refractivity contribution in [3.8, 4) is 0 Å². The molecule has 0 fully saturated rings. The highest BCUT2D eigenvalue weighted by molar-refractivity contribution is 6.06. The third-order valence-corrected chi connectivity index (χ3v) is 2.75. The van der Waals surface area contributed by atoms with Gasteiger partial charge in [0.15, 0.2) is 5.82 Å². The number of carbonyl (C=O) groups excluding carboxylic acids is 1. The van der Waals surface area contributed by atoms with Crippen LogP contribution >= 0.6 is 0 Å². The summed E-state index contributed by atoms with van der Waals surface area (Å²) < 4.78 is 3.23. The van der Waals surface area contributed by atoms with Gasteiger partial charge in [0.2, 0.25) is 5.78 Å². The quantitative estimate of drug-likeness (QED) is 0.761. The van der Waals surface area contributed by atoms with E-state index in [4.69, 9.17) is 0 Å². The van der Waals surface area contributed by atoms with E-state index in [1.165, 1.54) is 10.6 Å². The number of aromatic nitrogens is 3. The first-order valence-electron chi connectivity index (χ1n) is 5.86. The Morgan fingerprint density at radius 2 is 2.17 bits per heavy atom. The molecule has 0 N–H and O–H groups in total. The SMILES string of the molecule is CCCn1ccnc1C(=O)c1ccn(C)c(=O)c1. The molecule has 0 spiro atoms. The summed E-state index contributed by atoms with van der Waals surface area (Å²) in [5.74, 6) is 0.163. The molecular formula is C13H15N3O2. The normalized spacial score (nSPS) is 10.6. The third-order valence-electron chi connectivity index (χ3n) is 2.75. The van der Waals surface area contributed by atoms with E-state index in [1.54, 1.807) is 36.3 Å². The van der Waals surface area contributed by atoms with E-state index in [0.717, 1.165) is 13.0 Å². The molecule has 0 aliphatic rings. The number of ketones is 1. The Balaban J connectivity index is 2.38. The predicted octanol–water partition coefficient (Wildman–Crippen LogP) is 1.22. The van der Waals surface area contributed by atoms with E-state index in [2.05, 4.69) is 4.98 Å². The van der Waals surface area contributed by atoms with Gasteiger partial charge in [0.25, 0.3) is 5.56 Å². The molecule has 0 atom stereocenters. The molecule has 2 aromatic rings. The van der Waals surface area contributed by atoms with E-state index in [0.29, 0.717) is 11.4 Å². The molecule has 0 aliphatic heterocycles. The zero-order valence-corrected chi connectivity index (χ0v) is 10.5. The Hall–Kier alpha value is -2.17. The maximum absolute atomic E-state index is 12.2. The lowest BCUT2D eigenvalue weighted by atomic mass is 10.1. The number of hydrogen-bond acceptors (Lipinski definition) is 3. The average molecular weight is 245 g/mol. The summed E-state index contributed by atoms with van der Waals surface area (Å²) >= 11 is 0. The van der Waals surface area contributed by atoms with Crippen LogP contribution in [0.4, 0.5) is 0 Å². The highest BCUT2D eigenvalue weighted by Gasteiger charge is 2.15. The van der Waals surface area contributed by atoms with Crippen LogP contribution < -0.4 is 5.56 Å². The molecule has 0 amide bonds. The standard InChI is InChI=1S/C13H15N3O2/c1-3-6-16-8-5-14-13(16)12(18)10-4-7-15(2)11(17)9-10/h4-5,7-9H,3,6H2,1-2H3. The van der Waals surface area contributed by atoms with Crippen LogP contribution in [-0.2, 0) is 13.6 Å². The van der Waals surface area contributed by atoms with Gasteiger partial charge in [0.05, 0.1) is 0 Å². The largest absolute Gasteiger partial charge is 0.328 e. The second-order valence-electron chi connectivity index (χ2n) is 4.14. The lowest BCUT2D eigenvalue weighted by Crippen LogP contribution is -2.18. The van der Waals surface area contributed by atoms with Crippen LogP contribution in [0, 0.1) is 0 Å². The number of imidazole rings is 1. The zero-order chi connectivity index (χ0) is 13.1. The van der Waals surface area contributed by atoms with Crippen LogP contribution in [0.15, 0.2) is 35.5 Å². The Morgan fingerprint density at radius 3 is 2.83 bits per heavy atom. The van der Waals surface area contributed by atoms with Crippen molar-refractivity contribution in [2.24, 2.45) is 7.05 Å². The van der Waals surface area contributed by atoms with E-state index >= 15 is 0 Å². The minimum absolute atomic E-state index is 0.200. The van der Waals surface area contributed by atoms with Crippen molar-refractivity contribution >= 4 is 5.78 Å². The van der Waals surface area contributed by atoms with Crippen LogP contribution in [0.5, 0.6) is 0 Å². The fourth-order valence-electron chi connectivity index (χ4n) is 1.76. The summed E-state index contributed by atoms with van der Waals surface area (Å²) in [5.41, 5.74) is 0.177. The van der Waals surface area contributed by atoms with Gasteiger partial charge in [-0.25, -0.2) is 4.98 Å². The van der Waals surface area contributed by atoms with Crippen molar-refractivity contribution in [3.05, 3.63) is 52.5 Å². The van der Waals surface area contributed by atoms with E-state index < -0.39 is 0 Å². The van der Waals surface area contributed by atoms with Crippen molar-refractivity contribution in [3.63, 3.8) is 0 Å². The maximum Gasteiger partial charge on any atom is 0.250 e. The van der Waals surface area contributed by atoms with E-state index in [1.807, 2.05) is 6.92 Å². The minimum Gasteiger partial charge on any atom is -0.328 e. The van der Waals surface area contributed by atoms with Gasteiger partial charge in [0.1, 0.15) is 0 Å². The predicted molar refractivity (Wildman–Crippen MR) is 67.6 cm³/mol. The summed E-state index contributed by atoms with van der Waals surface area (Å²) in [7, 11) is 1.65. The second kappa shape index (κ2) is 5.00. The number of carbonyl (C=O) groups is 1. The van der Waals surface area contributed by atoms with Crippen LogP contribution in [0.2, 0.25) is 0 Å². The molecule has 0 saturated heterocycles. The smallest absolute Gasteiger partial charge is 0.250 e. The van der Waals surface area contributed by atoms with Gasteiger partial charge in [-0.1, -0.05) is 6.92 Å². The first-order chi connectivity index (χ1) is 8.63. The average Bonchev–Trinajstić information content (AvgIpc) is 2.80. The van der Waals surface area contributed by atoms with Crippen LogP contribution in [0.25, 0.3) is 0 Å². The van der Waals surface area contributed by atoms with Crippen LogP contribution in [-0.4, -0.2) is 19.9 Å². The molecule has 5 heteroatoms. The first-order valence-corrected chi connectivity index (χ1v) is 5.86. The Kier molecular flexibility index (Phi) is 3.41. The molecule has 0 bridgehead atoms. The van der Waals surface area contributed by atoms with Crippen molar-refractivity contribution in [1.29, 1.82) is 0 Å². The molecule has 0 unspecified atom stereocenters. The van der Waals surface area contributed by atoms with Gasteiger partial charge in [0, 0.05) is 43.8 Å². The highest BCUT2D eigenvalue weighted by atomic mass is 16.1. The second-order valence-corrected chi connectivity index (χ2v) is 4.14. The molecule has 0 saturated carbocycles. The van der Waals surface area contributed by atoms with Gasteiger partial charge < -0.3 is 9.13 Å². The molecule has 94 valence electrons. The van der Waals surface area contributed by atoms with E-state index in [9.17, 15) is 9.59 Å². The molecule has 2 heterocycles. The molecule has 0 aromatic carbocycles. The van der Waals surface area contributed by atoms with Gasteiger partial charge in [-0.3, -0.25) is 9.59 Å². The molecule has 18 heavy (non-hydrogen) atoms. The van der Waals surface area contributed by atoms with Crippen molar-refractivity contribution < 1.29 is 4.79 Å². The van der Waals surface area contributed by atoms with Crippen LogP contribution in [0.3, 0.4) is 0 Å². The minimum atomic E-state index is -0.217. The van der Waals surface area contributed by atoms with Gasteiger partial charge in [-0.2, -0.15) is 0 Å². The monoisotopic (exact) mass is 245 g/mol. The number of pyridine rings is 1. The number of aryl methyl sites for hydroxylation is 2. The molecule has 0 radical (unpaired) electrons. The van der Waals surface area contributed by atoms with Crippen molar-refractivity contribution in [1.82, 2.24) is 14.1 Å². The summed E-state index contributed by atoms with van der Waals surface area (Å²) in [6.07, 6.45) is 5.89. The molecule has 2 rings (SSSR count). The molecule has 5 nitrogen and oxygen atoms in total. The van der Waals surface area contributed by atoms with Gasteiger partial charge >= 0.3 is 0 Å². The number of nitrogens with zero attached hydrogens (tertiary/aromatic N) is 3. The lowest BCUT2D eigenvalue weighted by Gasteiger charge is -2.05. The molecule has 0 aliphatic carbocycles. The number of hydrogen-bond donors (Lipinski definition) is 0. The zero-order valence-electron chi connectivity index (χ0n) is 10.5. The maximum atomic E-state index is 12.2. The van der Waals surface area contributed by atoms with Gasteiger partial charge in [-0.15, -0.1) is 0 Å². The van der Waals surface area contributed by atoms with E-state index in [-0.39, 0.29) is 11.3 Å². The van der Waals surface area contributed by atoms with Gasteiger partial charge in [-0.05, 0) is 12.5 Å².